The summed E-state index contributed by atoms with van der Waals surface area (Å²) in [7, 11) is -3.69. The van der Waals surface area contributed by atoms with E-state index in [2.05, 4.69) is 8.75 Å². The van der Waals surface area contributed by atoms with E-state index in [4.69, 9.17) is 9.47 Å². The molecule has 1 aliphatic carbocycles. The van der Waals surface area contributed by atoms with E-state index >= 15 is 0 Å². The van der Waals surface area contributed by atoms with Crippen molar-refractivity contribution in [3.05, 3.63) is 48.0 Å². The zero-order chi connectivity index (χ0) is 20.6. The zero-order valence-corrected chi connectivity index (χ0v) is 18.1. The average molecular weight is 446 g/mol. The molecule has 0 N–H and O–H groups in total. The minimum Gasteiger partial charge on any atom is -0.493 e. The Morgan fingerprint density at radius 3 is 2.80 bits per heavy atom. The molecule has 2 aliphatic rings. The summed E-state index contributed by atoms with van der Waals surface area (Å²) < 4.78 is 48.4. The van der Waals surface area contributed by atoms with Crippen LogP contribution in [0.2, 0.25) is 0 Å². The summed E-state index contributed by atoms with van der Waals surface area (Å²) in [4.78, 5) is 0.231. The van der Waals surface area contributed by atoms with Crippen LogP contribution in [-0.2, 0) is 21.3 Å². The van der Waals surface area contributed by atoms with Gasteiger partial charge >= 0.3 is 0 Å². The van der Waals surface area contributed by atoms with E-state index in [0.29, 0.717) is 30.1 Å². The zero-order valence-electron chi connectivity index (χ0n) is 16.4. The Hall–Kier alpha value is -2.07. The fourth-order valence-electron chi connectivity index (χ4n) is 3.73. The molecule has 3 aromatic rings. The van der Waals surface area contributed by atoms with Gasteiger partial charge in [0.15, 0.2) is 0 Å². The fraction of sp³-hybridized carbons (Fsp3) is 0.429. The molecule has 7 nitrogen and oxygen atoms in total. The van der Waals surface area contributed by atoms with Gasteiger partial charge in [-0.3, -0.25) is 0 Å². The molecule has 1 aliphatic heterocycles. The second-order valence-electron chi connectivity index (χ2n) is 7.86. The molecule has 2 aromatic carbocycles. The van der Waals surface area contributed by atoms with Crippen LogP contribution in [0.1, 0.15) is 24.8 Å². The highest BCUT2D eigenvalue weighted by molar-refractivity contribution is 7.89. The Morgan fingerprint density at radius 2 is 2.00 bits per heavy atom. The molecule has 2 fully saturated rings. The van der Waals surface area contributed by atoms with E-state index in [1.165, 1.54) is 0 Å². The Labute approximate surface area is 180 Å². The van der Waals surface area contributed by atoms with E-state index < -0.39 is 10.0 Å². The molecule has 2 heterocycles. The molecule has 0 amide bonds. The van der Waals surface area contributed by atoms with E-state index in [1.54, 1.807) is 22.5 Å². The Morgan fingerprint density at radius 1 is 1.13 bits per heavy atom. The van der Waals surface area contributed by atoms with Gasteiger partial charge in [-0.15, -0.1) is 0 Å². The van der Waals surface area contributed by atoms with Crippen molar-refractivity contribution in [2.75, 3.05) is 19.8 Å². The summed E-state index contributed by atoms with van der Waals surface area (Å²) in [5, 5.41) is 0. The Kier molecular flexibility index (Phi) is 5.44. The van der Waals surface area contributed by atoms with Crippen LogP contribution in [0.3, 0.4) is 0 Å². The first kappa shape index (κ1) is 19.9. The molecule has 1 saturated heterocycles. The lowest BCUT2D eigenvalue weighted by Gasteiger charge is -2.22. The third-order valence-electron chi connectivity index (χ3n) is 5.54. The number of nitrogens with zero attached hydrogens (tertiary/aromatic N) is 3. The molecule has 9 heteroatoms. The van der Waals surface area contributed by atoms with Crippen molar-refractivity contribution >= 4 is 32.8 Å². The number of hydrogen-bond acceptors (Lipinski definition) is 7. The van der Waals surface area contributed by atoms with Crippen molar-refractivity contribution in [1.29, 1.82) is 0 Å². The van der Waals surface area contributed by atoms with Gasteiger partial charge in [0, 0.05) is 25.1 Å². The van der Waals surface area contributed by atoms with Crippen molar-refractivity contribution in [3.63, 3.8) is 0 Å². The molecule has 0 bridgehead atoms. The van der Waals surface area contributed by atoms with Crippen LogP contribution in [0.5, 0.6) is 5.75 Å². The number of aromatic nitrogens is 2. The maximum absolute atomic E-state index is 13.5. The van der Waals surface area contributed by atoms with Crippen molar-refractivity contribution < 1.29 is 17.9 Å². The van der Waals surface area contributed by atoms with Crippen molar-refractivity contribution in [2.45, 2.75) is 36.7 Å². The van der Waals surface area contributed by atoms with Crippen molar-refractivity contribution in [3.8, 4) is 5.75 Å². The first-order chi connectivity index (χ1) is 14.6. The molecule has 30 heavy (non-hydrogen) atoms. The third kappa shape index (κ3) is 4.07. The lowest BCUT2D eigenvalue weighted by molar-refractivity contribution is 0.167. The van der Waals surface area contributed by atoms with Crippen molar-refractivity contribution in [2.24, 2.45) is 5.92 Å². The highest BCUT2D eigenvalue weighted by atomic mass is 32.2. The smallest absolute Gasteiger partial charge is 0.245 e. The molecule has 0 radical (unpaired) electrons. The second-order valence-corrected chi connectivity index (χ2v) is 10.2. The lowest BCUT2D eigenvalue weighted by Crippen LogP contribution is -2.32. The minimum atomic E-state index is -3.69. The van der Waals surface area contributed by atoms with Crippen molar-refractivity contribution in [1.82, 2.24) is 13.1 Å². The van der Waals surface area contributed by atoms with Gasteiger partial charge in [0.05, 0.1) is 24.9 Å². The number of ether oxygens (including phenoxy) is 2. The number of fused-ring (bicyclic) bond motifs is 1. The van der Waals surface area contributed by atoms with Gasteiger partial charge in [-0.05, 0) is 49.1 Å². The molecule has 5 rings (SSSR count). The largest absolute Gasteiger partial charge is 0.493 e. The summed E-state index contributed by atoms with van der Waals surface area (Å²) >= 11 is 1.03. The molecular formula is C21H23N3O4S2. The van der Waals surface area contributed by atoms with E-state index in [1.807, 2.05) is 24.3 Å². The highest BCUT2D eigenvalue weighted by Gasteiger charge is 2.39. The number of benzene rings is 2. The Bertz CT molecular complexity index is 1140. The molecule has 0 unspecified atom stereocenters. The molecule has 1 atom stereocenters. The van der Waals surface area contributed by atoms with Crippen LogP contribution < -0.4 is 4.74 Å². The van der Waals surface area contributed by atoms with E-state index in [-0.39, 0.29) is 10.9 Å². The van der Waals surface area contributed by atoms with Gasteiger partial charge in [-0.25, -0.2) is 8.42 Å². The summed E-state index contributed by atoms with van der Waals surface area (Å²) in [6.45, 7) is 2.46. The summed E-state index contributed by atoms with van der Waals surface area (Å²) in [6.07, 6.45) is 2.77. The maximum atomic E-state index is 13.5. The van der Waals surface area contributed by atoms with Crippen LogP contribution in [-0.4, -0.2) is 47.3 Å². The van der Waals surface area contributed by atoms with Gasteiger partial charge in [0.1, 0.15) is 21.7 Å². The fourth-order valence-corrected chi connectivity index (χ4v) is 6.16. The third-order valence-corrected chi connectivity index (χ3v) is 8.01. The van der Waals surface area contributed by atoms with Gasteiger partial charge in [-0.1, -0.05) is 18.2 Å². The summed E-state index contributed by atoms with van der Waals surface area (Å²) in [6, 6.07) is 12.9. The second kappa shape index (κ2) is 8.22. The number of sulfonamides is 1. The maximum Gasteiger partial charge on any atom is 0.245 e. The van der Waals surface area contributed by atoms with E-state index in [0.717, 1.165) is 55.5 Å². The van der Waals surface area contributed by atoms with Crippen LogP contribution in [0.4, 0.5) is 0 Å². The monoisotopic (exact) mass is 445 g/mol. The Balaban J connectivity index is 1.38. The molecule has 158 valence electrons. The van der Waals surface area contributed by atoms with Crippen LogP contribution >= 0.6 is 11.7 Å². The molecule has 1 saturated carbocycles. The highest BCUT2D eigenvalue weighted by Crippen LogP contribution is 2.35. The van der Waals surface area contributed by atoms with Gasteiger partial charge < -0.3 is 9.47 Å². The molecule has 1 aromatic heterocycles. The van der Waals surface area contributed by atoms with Crippen LogP contribution in [0.25, 0.3) is 11.0 Å². The molecule has 0 spiro atoms. The van der Waals surface area contributed by atoms with Gasteiger partial charge in [0.2, 0.25) is 10.0 Å². The van der Waals surface area contributed by atoms with Crippen LogP contribution in [0, 0.1) is 5.92 Å². The predicted molar refractivity (Wildman–Crippen MR) is 114 cm³/mol. The van der Waals surface area contributed by atoms with Gasteiger partial charge in [0.25, 0.3) is 0 Å². The van der Waals surface area contributed by atoms with Gasteiger partial charge in [-0.2, -0.15) is 13.1 Å². The normalized spacial score (nSPS) is 19.6. The standard InChI is InChI=1S/C21H23N3O4S2/c25-30(26,20-6-2-5-19-21(20)23-29-22-19)24(17-7-8-17)12-15-3-1-4-18(11-15)28-14-16-9-10-27-13-16/h1-6,11,16-17H,7-10,12-14H2/t16-/m0/s1. The summed E-state index contributed by atoms with van der Waals surface area (Å²) in [5.74, 6) is 1.18. The van der Waals surface area contributed by atoms with E-state index in [9.17, 15) is 8.42 Å². The summed E-state index contributed by atoms with van der Waals surface area (Å²) in [5.41, 5.74) is 1.97. The predicted octanol–water partition coefficient (Wildman–Crippen LogP) is 3.46. The average Bonchev–Trinajstić information content (AvgIpc) is 3.24. The lowest BCUT2D eigenvalue weighted by atomic mass is 10.1. The quantitative estimate of drug-likeness (QED) is 0.528. The topological polar surface area (TPSA) is 81.6 Å². The molecular weight excluding hydrogens is 422 g/mol. The number of rotatable bonds is 8. The minimum absolute atomic E-state index is 0.0251. The van der Waals surface area contributed by atoms with Crippen LogP contribution in [0.15, 0.2) is 47.4 Å². The first-order valence-electron chi connectivity index (χ1n) is 10.1. The SMILES string of the molecule is O=S(=O)(c1cccc2nsnc12)N(Cc1cccc(OC[C@H]2CCOC2)c1)C1CC1. The first-order valence-corrected chi connectivity index (χ1v) is 12.3. The number of hydrogen-bond donors (Lipinski definition) is 0.